The summed E-state index contributed by atoms with van der Waals surface area (Å²) in [6, 6.07) is 43.0. The lowest BCUT2D eigenvalue weighted by atomic mass is 9.86. The van der Waals surface area contributed by atoms with Crippen LogP contribution in [0.1, 0.15) is 0 Å². The molecule has 0 amide bonds. The zero-order chi connectivity index (χ0) is 21.3. The van der Waals surface area contributed by atoms with Crippen molar-refractivity contribution in [2.45, 2.75) is 0 Å². The molecule has 0 atom stereocenters. The second-order valence-corrected chi connectivity index (χ2v) is 8.00. The lowest BCUT2D eigenvalue weighted by molar-refractivity contribution is 1.34. The Bertz CT molecular complexity index is 1490. The summed E-state index contributed by atoms with van der Waals surface area (Å²) >= 11 is 0. The molecule has 32 heavy (non-hydrogen) atoms. The molecule has 6 rings (SSSR count). The Morgan fingerprint density at radius 2 is 0.906 bits per heavy atom. The molecule has 0 bridgehead atoms. The average Bonchev–Trinajstić information content (AvgIpc) is 2.88. The van der Waals surface area contributed by atoms with Gasteiger partial charge in [-0.15, -0.1) is 0 Å². The van der Waals surface area contributed by atoms with Crippen molar-refractivity contribution < 1.29 is 0 Å². The smallest absolute Gasteiger partial charge is 0.0714 e. The first-order valence-electron chi connectivity index (χ1n) is 10.9. The molecule has 0 saturated heterocycles. The van der Waals surface area contributed by atoms with Gasteiger partial charge in [0.1, 0.15) is 0 Å². The normalized spacial score (nSPS) is 11.1. The number of nitrogens with zero attached hydrogens (tertiary/aromatic N) is 1. The summed E-state index contributed by atoms with van der Waals surface area (Å²) < 4.78 is 0. The Kier molecular flexibility index (Phi) is 4.51. The number of aromatic nitrogens is 1. The van der Waals surface area contributed by atoms with Crippen LogP contribution < -0.4 is 0 Å². The Balaban J connectivity index is 1.71. The second kappa shape index (κ2) is 7.79. The summed E-state index contributed by atoms with van der Waals surface area (Å²) in [6.07, 6.45) is 1.87. The van der Waals surface area contributed by atoms with E-state index in [-0.39, 0.29) is 0 Å². The fraction of sp³-hybridized carbons (Fsp3) is 0. The summed E-state index contributed by atoms with van der Waals surface area (Å²) in [4.78, 5) is 4.71. The molecule has 0 radical (unpaired) electrons. The van der Waals surface area contributed by atoms with Crippen molar-refractivity contribution in [1.82, 2.24) is 4.98 Å². The van der Waals surface area contributed by atoms with Crippen LogP contribution in [0.2, 0.25) is 0 Å². The van der Waals surface area contributed by atoms with Crippen LogP contribution in [0.25, 0.3) is 55.1 Å². The molecule has 1 heteroatoms. The zero-order valence-electron chi connectivity index (χ0n) is 17.6. The number of hydrogen-bond acceptors (Lipinski definition) is 1. The molecular weight excluding hydrogens is 386 g/mol. The zero-order valence-corrected chi connectivity index (χ0v) is 17.6. The van der Waals surface area contributed by atoms with Gasteiger partial charge in [0.25, 0.3) is 0 Å². The highest BCUT2D eigenvalue weighted by atomic mass is 14.7. The monoisotopic (exact) mass is 407 g/mol. The highest BCUT2D eigenvalue weighted by Gasteiger charge is 2.17. The van der Waals surface area contributed by atoms with E-state index in [9.17, 15) is 0 Å². The van der Waals surface area contributed by atoms with Crippen LogP contribution >= 0.6 is 0 Å². The third-order valence-electron chi connectivity index (χ3n) is 6.11. The first-order chi connectivity index (χ1) is 15.9. The van der Waals surface area contributed by atoms with E-state index in [2.05, 4.69) is 115 Å². The maximum atomic E-state index is 4.71. The van der Waals surface area contributed by atoms with Crippen LogP contribution in [0.3, 0.4) is 0 Å². The van der Waals surface area contributed by atoms with Crippen molar-refractivity contribution in [3.05, 3.63) is 128 Å². The van der Waals surface area contributed by atoms with Gasteiger partial charge in [-0.25, -0.2) is 0 Å². The molecule has 1 heterocycles. The molecule has 0 spiro atoms. The lowest BCUT2D eigenvalue weighted by Gasteiger charge is -2.17. The Hall–Kier alpha value is -4.23. The topological polar surface area (TPSA) is 12.9 Å². The van der Waals surface area contributed by atoms with Crippen molar-refractivity contribution in [3.63, 3.8) is 0 Å². The largest absolute Gasteiger partial charge is 0.256 e. The summed E-state index contributed by atoms with van der Waals surface area (Å²) in [5.41, 5.74) is 7.15. The van der Waals surface area contributed by atoms with Crippen LogP contribution in [-0.4, -0.2) is 4.98 Å². The molecule has 150 valence electrons. The summed E-state index contributed by atoms with van der Waals surface area (Å²) in [5, 5.41) is 4.95. The van der Waals surface area contributed by atoms with Gasteiger partial charge in [-0.1, -0.05) is 103 Å². The van der Waals surface area contributed by atoms with Gasteiger partial charge in [-0.2, -0.15) is 0 Å². The molecule has 1 nitrogen and oxygen atoms in total. The molecule has 6 aromatic rings. The molecule has 1 aromatic heterocycles. The van der Waals surface area contributed by atoms with Gasteiger partial charge in [-0.05, 0) is 62.0 Å². The van der Waals surface area contributed by atoms with Crippen molar-refractivity contribution in [3.8, 4) is 33.5 Å². The molecule has 0 saturated carbocycles. The predicted molar refractivity (Wildman–Crippen MR) is 136 cm³/mol. The van der Waals surface area contributed by atoms with E-state index in [0.29, 0.717) is 0 Å². The molecule has 0 aliphatic rings. The minimum Gasteiger partial charge on any atom is -0.256 e. The maximum Gasteiger partial charge on any atom is 0.0714 e. The van der Waals surface area contributed by atoms with Gasteiger partial charge in [0.2, 0.25) is 0 Å². The van der Waals surface area contributed by atoms with E-state index < -0.39 is 0 Å². The van der Waals surface area contributed by atoms with Crippen molar-refractivity contribution in [1.29, 1.82) is 0 Å². The minimum atomic E-state index is 1.00. The van der Waals surface area contributed by atoms with E-state index in [4.69, 9.17) is 4.98 Å². The van der Waals surface area contributed by atoms with Gasteiger partial charge in [0.15, 0.2) is 0 Å². The summed E-state index contributed by atoms with van der Waals surface area (Å²) in [7, 11) is 0. The SMILES string of the molecule is c1ccc(-c2cccc(-c3c4ccccc4c(-c4ccccn4)c4ccccc34)c2)cc1. The average molecular weight is 408 g/mol. The maximum absolute atomic E-state index is 4.71. The fourth-order valence-corrected chi connectivity index (χ4v) is 4.71. The summed E-state index contributed by atoms with van der Waals surface area (Å²) in [5.74, 6) is 0. The van der Waals surface area contributed by atoms with Gasteiger partial charge in [0, 0.05) is 11.8 Å². The van der Waals surface area contributed by atoms with Crippen LogP contribution in [0.4, 0.5) is 0 Å². The van der Waals surface area contributed by atoms with E-state index >= 15 is 0 Å². The Morgan fingerprint density at radius 1 is 0.375 bits per heavy atom. The molecule has 0 fully saturated rings. The fourth-order valence-electron chi connectivity index (χ4n) is 4.71. The second-order valence-electron chi connectivity index (χ2n) is 8.00. The molecule has 0 aliphatic heterocycles. The molecular formula is C31H21N. The van der Waals surface area contributed by atoms with E-state index in [1.807, 2.05) is 12.3 Å². The summed E-state index contributed by atoms with van der Waals surface area (Å²) in [6.45, 7) is 0. The molecule has 0 aliphatic carbocycles. The quantitative estimate of drug-likeness (QED) is 0.268. The minimum absolute atomic E-state index is 1.00. The molecule has 0 unspecified atom stereocenters. The van der Waals surface area contributed by atoms with Gasteiger partial charge in [-0.3, -0.25) is 4.98 Å². The predicted octanol–water partition coefficient (Wildman–Crippen LogP) is 8.39. The van der Waals surface area contributed by atoms with Gasteiger partial charge < -0.3 is 0 Å². The molecule has 0 N–H and O–H groups in total. The third-order valence-corrected chi connectivity index (χ3v) is 6.11. The van der Waals surface area contributed by atoms with Crippen LogP contribution in [-0.2, 0) is 0 Å². The number of benzene rings is 5. The number of rotatable bonds is 3. The number of pyridine rings is 1. The van der Waals surface area contributed by atoms with Gasteiger partial charge >= 0.3 is 0 Å². The first kappa shape index (κ1) is 18.5. The van der Waals surface area contributed by atoms with Crippen LogP contribution in [0, 0.1) is 0 Å². The van der Waals surface area contributed by atoms with Crippen molar-refractivity contribution in [2.75, 3.05) is 0 Å². The number of fused-ring (bicyclic) bond motifs is 2. The Labute approximate surface area is 187 Å². The third kappa shape index (κ3) is 3.07. The first-order valence-corrected chi connectivity index (χ1v) is 10.9. The van der Waals surface area contributed by atoms with Crippen LogP contribution in [0.5, 0.6) is 0 Å². The molecule has 5 aromatic carbocycles. The highest BCUT2D eigenvalue weighted by Crippen LogP contribution is 2.43. The standard InChI is InChI=1S/C31H21N/c1-2-11-22(12-3-1)23-13-10-14-24(21-23)30-25-15-4-6-17-27(25)31(29-19-8-9-20-32-29)28-18-7-5-16-26(28)30/h1-21H. The van der Waals surface area contributed by atoms with Crippen molar-refractivity contribution in [2.24, 2.45) is 0 Å². The van der Waals surface area contributed by atoms with Crippen LogP contribution in [0.15, 0.2) is 128 Å². The van der Waals surface area contributed by atoms with E-state index in [1.54, 1.807) is 0 Å². The van der Waals surface area contributed by atoms with E-state index in [0.717, 1.165) is 5.69 Å². The van der Waals surface area contributed by atoms with Crippen molar-refractivity contribution >= 4 is 21.5 Å². The lowest BCUT2D eigenvalue weighted by Crippen LogP contribution is -1.92. The van der Waals surface area contributed by atoms with Gasteiger partial charge in [0.05, 0.1) is 5.69 Å². The van der Waals surface area contributed by atoms with E-state index in [1.165, 1.54) is 49.4 Å². The number of hydrogen-bond donors (Lipinski definition) is 0. The Morgan fingerprint density at radius 3 is 1.53 bits per heavy atom. The highest BCUT2D eigenvalue weighted by molar-refractivity contribution is 6.21.